The standard InChI is InChI=1S/C22H26N6O3S2/c1-15-11-16(2)14-27(13-15)33(30,31)20-9-7-17(8-10-20)21(29)23-18-5-4-6-19(12-18)28-22(32-3)24-25-26-28/h4-10,12,15-16H,11,13-14H2,1-3H3,(H,23,29). The van der Waals surface area contributed by atoms with Crippen molar-refractivity contribution in [1.29, 1.82) is 0 Å². The summed E-state index contributed by atoms with van der Waals surface area (Å²) in [6.45, 7) is 5.18. The van der Waals surface area contributed by atoms with E-state index in [0.717, 1.165) is 6.42 Å². The fourth-order valence-electron chi connectivity index (χ4n) is 4.12. The zero-order valence-electron chi connectivity index (χ0n) is 18.7. The number of hydrogen-bond acceptors (Lipinski definition) is 7. The van der Waals surface area contributed by atoms with Gasteiger partial charge in [-0.1, -0.05) is 31.7 Å². The number of thioether (sulfide) groups is 1. The summed E-state index contributed by atoms with van der Waals surface area (Å²) in [4.78, 5) is 13.0. The molecular weight excluding hydrogens is 460 g/mol. The maximum atomic E-state index is 13.1. The van der Waals surface area contributed by atoms with Crippen molar-refractivity contribution < 1.29 is 13.2 Å². The predicted octanol–water partition coefficient (Wildman–Crippen LogP) is 3.30. The van der Waals surface area contributed by atoms with Gasteiger partial charge >= 0.3 is 0 Å². The normalized spacial score (nSPS) is 19.4. The fraction of sp³-hybridized carbons (Fsp3) is 0.364. The van der Waals surface area contributed by atoms with Crippen LogP contribution in [0.5, 0.6) is 0 Å². The highest BCUT2D eigenvalue weighted by atomic mass is 32.2. The van der Waals surface area contributed by atoms with E-state index in [0.29, 0.717) is 47.0 Å². The Kier molecular flexibility index (Phi) is 6.82. The van der Waals surface area contributed by atoms with Gasteiger partial charge in [0.05, 0.1) is 10.6 Å². The number of nitrogens with one attached hydrogen (secondary N) is 1. The first-order valence-corrected chi connectivity index (χ1v) is 13.3. The minimum atomic E-state index is -3.59. The molecule has 2 aromatic carbocycles. The van der Waals surface area contributed by atoms with E-state index in [1.54, 1.807) is 27.2 Å². The van der Waals surface area contributed by atoms with Crippen LogP contribution >= 0.6 is 11.8 Å². The summed E-state index contributed by atoms with van der Waals surface area (Å²) < 4.78 is 29.3. The molecule has 0 aliphatic carbocycles. The first-order valence-electron chi connectivity index (χ1n) is 10.6. The molecule has 1 aromatic heterocycles. The van der Waals surface area contributed by atoms with Crippen LogP contribution in [-0.2, 0) is 10.0 Å². The molecule has 0 bridgehead atoms. The zero-order chi connectivity index (χ0) is 23.6. The van der Waals surface area contributed by atoms with Crippen LogP contribution in [0.25, 0.3) is 5.69 Å². The highest BCUT2D eigenvalue weighted by Crippen LogP contribution is 2.27. The number of piperidine rings is 1. The minimum Gasteiger partial charge on any atom is -0.322 e. The molecule has 33 heavy (non-hydrogen) atoms. The van der Waals surface area contributed by atoms with E-state index in [4.69, 9.17) is 0 Å². The van der Waals surface area contributed by atoms with Gasteiger partial charge in [0.2, 0.25) is 15.2 Å². The van der Waals surface area contributed by atoms with E-state index in [9.17, 15) is 13.2 Å². The van der Waals surface area contributed by atoms with Gasteiger partial charge < -0.3 is 5.32 Å². The third-order valence-corrected chi connectivity index (χ3v) is 8.03. The molecule has 1 aliphatic heterocycles. The monoisotopic (exact) mass is 486 g/mol. The fourth-order valence-corrected chi connectivity index (χ4v) is 6.23. The second-order valence-corrected chi connectivity index (χ2v) is 11.1. The quantitative estimate of drug-likeness (QED) is 0.532. The van der Waals surface area contributed by atoms with Crippen molar-refractivity contribution in [2.45, 2.75) is 30.3 Å². The van der Waals surface area contributed by atoms with E-state index in [1.807, 2.05) is 12.3 Å². The molecule has 1 aliphatic rings. The number of carbonyl (C=O) groups is 1. The molecule has 0 radical (unpaired) electrons. The largest absolute Gasteiger partial charge is 0.322 e. The summed E-state index contributed by atoms with van der Waals surface area (Å²) in [6.07, 6.45) is 2.91. The number of amides is 1. The second-order valence-electron chi connectivity index (χ2n) is 8.37. The van der Waals surface area contributed by atoms with Crippen LogP contribution in [0.4, 0.5) is 5.69 Å². The SMILES string of the molecule is CSc1nnnn1-c1cccc(NC(=O)c2ccc(S(=O)(=O)N3CC(C)CC(C)C3)cc2)c1. The number of carbonyl (C=O) groups excluding carboxylic acids is 1. The lowest BCUT2D eigenvalue weighted by Gasteiger charge is -2.34. The summed E-state index contributed by atoms with van der Waals surface area (Å²) in [5, 5.41) is 15.1. The average Bonchev–Trinajstić information content (AvgIpc) is 3.28. The number of anilines is 1. The average molecular weight is 487 g/mol. The lowest BCUT2D eigenvalue weighted by molar-refractivity contribution is 0.102. The molecular formula is C22H26N6O3S2. The molecule has 11 heteroatoms. The van der Waals surface area contributed by atoms with E-state index in [2.05, 4.69) is 34.7 Å². The molecule has 1 N–H and O–H groups in total. The van der Waals surface area contributed by atoms with Crippen molar-refractivity contribution in [3.63, 3.8) is 0 Å². The van der Waals surface area contributed by atoms with Crippen molar-refractivity contribution >= 4 is 33.4 Å². The molecule has 2 atom stereocenters. The third kappa shape index (κ3) is 5.10. The number of nitrogens with zero attached hydrogens (tertiary/aromatic N) is 5. The van der Waals surface area contributed by atoms with Gasteiger partial charge in [-0.15, -0.1) is 5.10 Å². The number of aromatic nitrogens is 4. The van der Waals surface area contributed by atoms with Crippen LogP contribution in [0.2, 0.25) is 0 Å². The minimum absolute atomic E-state index is 0.200. The van der Waals surface area contributed by atoms with Gasteiger partial charge in [0.1, 0.15) is 0 Å². The maximum Gasteiger partial charge on any atom is 0.255 e. The first-order chi connectivity index (χ1) is 15.8. The highest BCUT2D eigenvalue weighted by molar-refractivity contribution is 7.98. The number of benzene rings is 2. The van der Waals surface area contributed by atoms with Gasteiger partial charge in [-0.05, 0) is 77.4 Å². The van der Waals surface area contributed by atoms with Crippen LogP contribution in [0, 0.1) is 11.8 Å². The molecule has 4 rings (SSSR count). The summed E-state index contributed by atoms with van der Waals surface area (Å²) in [6, 6.07) is 13.2. The summed E-state index contributed by atoms with van der Waals surface area (Å²) >= 11 is 1.41. The van der Waals surface area contributed by atoms with E-state index >= 15 is 0 Å². The van der Waals surface area contributed by atoms with Crippen molar-refractivity contribution in [3.05, 3.63) is 54.1 Å². The van der Waals surface area contributed by atoms with Crippen molar-refractivity contribution in [3.8, 4) is 5.69 Å². The number of sulfonamides is 1. The van der Waals surface area contributed by atoms with Crippen LogP contribution in [0.1, 0.15) is 30.6 Å². The second kappa shape index (κ2) is 9.62. The van der Waals surface area contributed by atoms with E-state index < -0.39 is 10.0 Å². The smallest absolute Gasteiger partial charge is 0.255 e. The van der Waals surface area contributed by atoms with E-state index in [-0.39, 0.29) is 10.8 Å². The molecule has 9 nitrogen and oxygen atoms in total. The van der Waals surface area contributed by atoms with Crippen molar-refractivity contribution in [1.82, 2.24) is 24.5 Å². The van der Waals surface area contributed by atoms with Crippen molar-refractivity contribution in [2.24, 2.45) is 11.8 Å². The van der Waals surface area contributed by atoms with Gasteiger partial charge in [-0.2, -0.15) is 8.99 Å². The Bertz CT molecular complexity index is 1230. The highest BCUT2D eigenvalue weighted by Gasteiger charge is 2.31. The molecule has 0 spiro atoms. The molecule has 1 amide bonds. The van der Waals surface area contributed by atoms with Gasteiger partial charge in [0, 0.05) is 24.3 Å². The Morgan fingerprint density at radius 2 is 1.79 bits per heavy atom. The van der Waals surface area contributed by atoms with Gasteiger partial charge in [0.15, 0.2) is 0 Å². The van der Waals surface area contributed by atoms with Gasteiger partial charge in [-0.3, -0.25) is 4.79 Å². The van der Waals surface area contributed by atoms with Crippen LogP contribution in [0.3, 0.4) is 0 Å². The Morgan fingerprint density at radius 1 is 1.09 bits per heavy atom. The lowest BCUT2D eigenvalue weighted by Crippen LogP contribution is -2.42. The Labute approximate surface area is 197 Å². The number of hydrogen-bond donors (Lipinski definition) is 1. The summed E-state index contributed by atoms with van der Waals surface area (Å²) in [5.41, 5.74) is 1.66. The van der Waals surface area contributed by atoms with Crippen LogP contribution in [0.15, 0.2) is 58.6 Å². The van der Waals surface area contributed by atoms with Gasteiger partial charge in [0.25, 0.3) is 5.91 Å². The predicted molar refractivity (Wildman–Crippen MR) is 127 cm³/mol. The Morgan fingerprint density at radius 3 is 2.45 bits per heavy atom. The number of rotatable bonds is 6. The third-order valence-electron chi connectivity index (χ3n) is 5.56. The topological polar surface area (TPSA) is 110 Å². The molecule has 1 fully saturated rings. The maximum absolute atomic E-state index is 13.1. The van der Waals surface area contributed by atoms with Crippen molar-refractivity contribution in [2.75, 3.05) is 24.7 Å². The van der Waals surface area contributed by atoms with E-state index in [1.165, 1.54) is 36.0 Å². The summed E-state index contributed by atoms with van der Waals surface area (Å²) in [5.74, 6) is 0.312. The molecule has 1 saturated heterocycles. The molecule has 0 saturated carbocycles. The molecule has 3 aromatic rings. The molecule has 2 heterocycles. The Hall–Kier alpha value is -2.76. The van der Waals surface area contributed by atoms with Crippen LogP contribution < -0.4 is 5.32 Å². The lowest BCUT2D eigenvalue weighted by atomic mass is 9.94. The van der Waals surface area contributed by atoms with Crippen LogP contribution in [-0.4, -0.2) is 58.2 Å². The number of tetrazole rings is 1. The zero-order valence-corrected chi connectivity index (χ0v) is 20.3. The summed E-state index contributed by atoms with van der Waals surface area (Å²) in [7, 11) is -3.59. The first kappa shape index (κ1) is 23.4. The Balaban J connectivity index is 1.49. The van der Waals surface area contributed by atoms with Gasteiger partial charge in [-0.25, -0.2) is 8.42 Å². The molecule has 174 valence electrons. The molecule has 2 unspecified atom stereocenters.